The summed E-state index contributed by atoms with van der Waals surface area (Å²) in [5.74, 6) is 0. The van der Waals surface area contributed by atoms with Crippen LogP contribution in [0, 0.1) is 0 Å². The van der Waals surface area contributed by atoms with E-state index < -0.39 is 8.56 Å². The fourth-order valence-corrected chi connectivity index (χ4v) is 3.56. The van der Waals surface area contributed by atoms with Gasteiger partial charge in [0.05, 0.1) is 13.2 Å². The number of ether oxygens (including phenoxy) is 3. The van der Waals surface area contributed by atoms with Gasteiger partial charge in [0.2, 0.25) is 0 Å². The first-order valence-corrected chi connectivity index (χ1v) is 9.75. The fourth-order valence-electron chi connectivity index (χ4n) is 1.75. The molecule has 0 bridgehead atoms. The highest BCUT2D eigenvalue weighted by molar-refractivity contribution is 6.65. The zero-order valence-electron chi connectivity index (χ0n) is 12.8. The molecule has 0 aromatic rings. The van der Waals surface area contributed by atoms with Crippen LogP contribution in [-0.2, 0) is 23.1 Å². The zero-order chi connectivity index (χ0) is 14.3. The smallest absolute Gasteiger partial charge is 0.336 e. The molecule has 0 aliphatic carbocycles. The maximum Gasteiger partial charge on any atom is 0.336 e. The van der Waals surface area contributed by atoms with Crippen LogP contribution in [0.3, 0.4) is 0 Å². The molecule has 1 aliphatic rings. The molecule has 114 valence electrons. The summed E-state index contributed by atoms with van der Waals surface area (Å²) >= 11 is 0. The predicted octanol–water partition coefficient (Wildman–Crippen LogP) is 2.65. The van der Waals surface area contributed by atoms with Crippen molar-refractivity contribution in [1.29, 1.82) is 0 Å². The van der Waals surface area contributed by atoms with Gasteiger partial charge in [-0.2, -0.15) is 0 Å². The van der Waals surface area contributed by atoms with E-state index in [9.17, 15) is 0 Å². The molecule has 1 fully saturated rings. The van der Waals surface area contributed by atoms with E-state index in [2.05, 4.69) is 13.5 Å². The largest absolute Gasteiger partial charge is 0.395 e. The van der Waals surface area contributed by atoms with Crippen LogP contribution < -0.4 is 0 Å². The Morgan fingerprint density at radius 1 is 1.32 bits per heavy atom. The summed E-state index contributed by atoms with van der Waals surface area (Å²) in [6, 6.07) is 0.905. The third-order valence-corrected chi connectivity index (χ3v) is 6.07. The first-order valence-electron chi connectivity index (χ1n) is 7.23. The number of rotatable bonds is 11. The highest BCUT2D eigenvalue weighted by Gasteiger charge is 2.32. The van der Waals surface area contributed by atoms with Crippen LogP contribution in [0.1, 0.15) is 34.1 Å². The van der Waals surface area contributed by atoms with E-state index in [1.54, 1.807) is 0 Å². The van der Waals surface area contributed by atoms with Crippen molar-refractivity contribution in [2.45, 2.75) is 65.4 Å². The van der Waals surface area contributed by atoms with Gasteiger partial charge in [-0.1, -0.05) is 13.8 Å². The van der Waals surface area contributed by atoms with Crippen LogP contribution in [0.15, 0.2) is 0 Å². The Labute approximate surface area is 117 Å². The minimum atomic E-state index is -2.10. The van der Waals surface area contributed by atoms with E-state index in [-0.39, 0.29) is 18.7 Å². The van der Waals surface area contributed by atoms with E-state index in [1.807, 2.05) is 20.8 Å². The van der Waals surface area contributed by atoms with Gasteiger partial charge in [0.25, 0.3) is 0 Å². The standard InChI is InChI=1S/C13H28O5Si/c1-6-13(15-10-12-9-14-12)17-11(4)18-19(5,8-3)16-7-2/h11-13H,6-10H2,1-5H3. The topological polar surface area (TPSA) is 49.5 Å². The van der Waals surface area contributed by atoms with Crippen molar-refractivity contribution in [1.82, 2.24) is 0 Å². The lowest BCUT2D eigenvalue weighted by Gasteiger charge is -2.30. The SMILES string of the molecule is CCO[Si](C)(CC)OC(C)OC(CC)OCC1CO1. The molecule has 0 N–H and O–H groups in total. The summed E-state index contributed by atoms with van der Waals surface area (Å²) in [5.41, 5.74) is 0. The van der Waals surface area contributed by atoms with E-state index >= 15 is 0 Å². The molecule has 6 heteroatoms. The Bertz CT molecular complexity index is 249. The molecule has 1 rings (SSSR count). The van der Waals surface area contributed by atoms with Gasteiger partial charge in [-0.3, -0.25) is 0 Å². The molecular weight excluding hydrogens is 264 g/mol. The third-order valence-electron chi connectivity index (χ3n) is 3.05. The van der Waals surface area contributed by atoms with Crippen molar-refractivity contribution in [3.05, 3.63) is 0 Å². The van der Waals surface area contributed by atoms with Crippen LogP contribution in [0.4, 0.5) is 0 Å². The normalized spacial score (nSPS) is 24.8. The molecule has 1 aliphatic heterocycles. The molecule has 0 spiro atoms. The van der Waals surface area contributed by atoms with E-state index in [1.165, 1.54) is 0 Å². The fraction of sp³-hybridized carbons (Fsp3) is 1.00. The van der Waals surface area contributed by atoms with E-state index in [0.717, 1.165) is 19.1 Å². The first-order chi connectivity index (χ1) is 9.03. The van der Waals surface area contributed by atoms with Crippen LogP contribution in [0.25, 0.3) is 0 Å². The average Bonchev–Trinajstić information content (AvgIpc) is 3.18. The molecule has 1 saturated heterocycles. The molecule has 0 aromatic heterocycles. The van der Waals surface area contributed by atoms with E-state index in [4.69, 9.17) is 23.1 Å². The van der Waals surface area contributed by atoms with Gasteiger partial charge in [0, 0.05) is 6.61 Å². The molecule has 4 atom stereocenters. The molecule has 1 heterocycles. The highest BCUT2D eigenvalue weighted by Crippen LogP contribution is 2.18. The maximum absolute atomic E-state index is 5.97. The van der Waals surface area contributed by atoms with Gasteiger partial charge in [0.15, 0.2) is 6.29 Å². The molecule has 0 saturated carbocycles. The van der Waals surface area contributed by atoms with Gasteiger partial charge in [0.1, 0.15) is 12.4 Å². The molecular formula is C13H28O5Si. The Balaban J connectivity index is 2.30. The third kappa shape index (κ3) is 6.83. The van der Waals surface area contributed by atoms with Crippen LogP contribution in [-0.4, -0.2) is 47.1 Å². The van der Waals surface area contributed by atoms with Gasteiger partial charge in [-0.15, -0.1) is 0 Å². The Morgan fingerprint density at radius 3 is 2.47 bits per heavy atom. The second kappa shape index (κ2) is 8.34. The minimum Gasteiger partial charge on any atom is -0.395 e. The second-order valence-electron chi connectivity index (χ2n) is 4.87. The number of hydrogen-bond acceptors (Lipinski definition) is 5. The zero-order valence-corrected chi connectivity index (χ0v) is 13.8. The Morgan fingerprint density at radius 2 is 2.00 bits per heavy atom. The summed E-state index contributed by atoms with van der Waals surface area (Å²) in [4.78, 5) is 0. The molecule has 0 radical (unpaired) electrons. The number of epoxide rings is 1. The molecule has 19 heavy (non-hydrogen) atoms. The van der Waals surface area contributed by atoms with Crippen LogP contribution >= 0.6 is 0 Å². The molecule has 0 aromatic carbocycles. The van der Waals surface area contributed by atoms with Crippen molar-refractivity contribution >= 4 is 8.56 Å². The summed E-state index contributed by atoms with van der Waals surface area (Å²) < 4.78 is 28.2. The van der Waals surface area contributed by atoms with Crippen LogP contribution in [0.2, 0.25) is 12.6 Å². The molecule has 5 nitrogen and oxygen atoms in total. The van der Waals surface area contributed by atoms with Crippen molar-refractivity contribution in [2.24, 2.45) is 0 Å². The summed E-state index contributed by atoms with van der Waals surface area (Å²) in [6.45, 7) is 12.2. The lowest BCUT2D eigenvalue weighted by molar-refractivity contribution is -0.220. The Kier molecular flexibility index (Phi) is 7.49. The lowest BCUT2D eigenvalue weighted by Crippen LogP contribution is -2.42. The summed E-state index contributed by atoms with van der Waals surface area (Å²) in [5, 5.41) is 0. The van der Waals surface area contributed by atoms with Crippen LogP contribution in [0.5, 0.6) is 0 Å². The van der Waals surface area contributed by atoms with Crippen molar-refractivity contribution in [3.8, 4) is 0 Å². The average molecular weight is 292 g/mol. The van der Waals surface area contributed by atoms with Gasteiger partial charge >= 0.3 is 8.56 Å². The molecule has 4 unspecified atom stereocenters. The van der Waals surface area contributed by atoms with Gasteiger partial charge in [-0.05, 0) is 32.9 Å². The van der Waals surface area contributed by atoms with Gasteiger partial charge in [-0.25, -0.2) is 0 Å². The van der Waals surface area contributed by atoms with Crippen molar-refractivity contribution < 1.29 is 23.1 Å². The Hall–Kier alpha value is 0.0169. The van der Waals surface area contributed by atoms with Gasteiger partial charge < -0.3 is 23.1 Å². The summed E-state index contributed by atoms with van der Waals surface area (Å²) in [7, 11) is -2.10. The predicted molar refractivity (Wildman–Crippen MR) is 75.1 cm³/mol. The monoisotopic (exact) mass is 292 g/mol. The van der Waals surface area contributed by atoms with Crippen molar-refractivity contribution in [2.75, 3.05) is 19.8 Å². The highest BCUT2D eigenvalue weighted by atomic mass is 28.4. The molecule has 0 amide bonds. The second-order valence-corrected chi connectivity index (χ2v) is 8.37. The lowest BCUT2D eigenvalue weighted by atomic mass is 10.4. The first kappa shape index (κ1) is 17.1. The maximum atomic E-state index is 5.97. The number of hydrogen-bond donors (Lipinski definition) is 0. The quantitative estimate of drug-likeness (QED) is 0.333. The van der Waals surface area contributed by atoms with E-state index in [0.29, 0.717) is 13.2 Å². The summed E-state index contributed by atoms with van der Waals surface area (Å²) in [6.07, 6.45) is 0.496. The minimum absolute atomic E-state index is 0.240. The van der Waals surface area contributed by atoms with Crippen molar-refractivity contribution in [3.63, 3.8) is 0 Å².